The molecule has 0 aliphatic carbocycles. The summed E-state index contributed by atoms with van der Waals surface area (Å²) in [5.74, 6) is -0.213. The van der Waals surface area contributed by atoms with Gasteiger partial charge in [-0.25, -0.2) is 0 Å². The Kier molecular flexibility index (Phi) is 4.60. The molecule has 0 saturated carbocycles. The fourth-order valence-electron chi connectivity index (χ4n) is 4.12. The van der Waals surface area contributed by atoms with Gasteiger partial charge in [0, 0.05) is 17.1 Å². The van der Waals surface area contributed by atoms with Crippen molar-refractivity contribution < 1.29 is 13.2 Å². The Bertz CT molecular complexity index is 1220. The van der Waals surface area contributed by atoms with Crippen molar-refractivity contribution in [1.29, 1.82) is 0 Å². The van der Waals surface area contributed by atoms with Crippen LogP contribution < -0.4 is 0 Å². The molecule has 29 heavy (non-hydrogen) atoms. The van der Waals surface area contributed by atoms with Crippen molar-refractivity contribution in [3.63, 3.8) is 0 Å². The molecule has 0 aliphatic rings. The summed E-state index contributed by atoms with van der Waals surface area (Å²) in [5, 5.41) is 3.06. The largest absolute Gasteiger partial charge is 0.416 e. The Morgan fingerprint density at radius 2 is 1.48 bits per heavy atom. The summed E-state index contributed by atoms with van der Waals surface area (Å²) >= 11 is 0. The monoisotopic (exact) mass is 393 g/mol. The molecule has 0 bridgehead atoms. The van der Waals surface area contributed by atoms with Gasteiger partial charge in [-0.15, -0.1) is 0 Å². The van der Waals surface area contributed by atoms with Gasteiger partial charge < -0.3 is 0 Å². The van der Waals surface area contributed by atoms with E-state index in [1.54, 1.807) is 32.2 Å². The van der Waals surface area contributed by atoms with Gasteiger partial charge in [-0.3, -0.25) is 4.98 Å². The van der Waals surface area contributed by atoms with Gasteiger partial charge in [-0.1, -0.05) is 49.2 Å². The highest BCUT2D eigenvalue weighted by Gasteiger charge is 2.34. The molecule has 0 radical (unpaired) electrons. The van der Waals surface area contributed by atoms with Crippen LogP contribution in [0.4, 0.5) is 13.2 Å². The minimum Gasteiger partial charge on any atom is -0.256 e. The highest BCUT2D eigenvalue weighted by atomic mass is 19.4. The SMILES string of the molecule is Cc1cc(C)cc(-c2nccc3c2ccc2cc(C(C)C)c(C(F)(F)F)cc23)c1. The molecule has 1 heterocycles. The number of benzene rings is 3. The fraction of sp³-hybridized carbons (Fsp3) is 0.240. The maximum atomic E-state index is 13.8. The van der Waals surface area contributed by atoms with Crippen molar-refractivity contribution in [1.82, 2.24) is 4.98 Å². The smallest absolute Gasteiger partial charge is 0.256 e. The minimum absolute atomic E-state index is 0.213. The Balaban J connectivity index is 2.06. The summed E-state index contributed by atoms with van der Waals surface area (Å²) in [5.41, 5.74) is 3.78. The topological polar surface area (TPSA) is 12.9 Å². The Hall–Kier alpha value is -2.88. The lowest BCUT2D eigenvalue weighted by atomic mass is 9.90. The maximum Gasteiger partial charge on any atom is 0.416 e. The molecule has 4 heteroatoms. The Morgan fingerprint density at radius 1 is 0.793 bits per heavy atom. The zero-order chi connectivity index (χ0) is 20.9. The van der Waals surface area contributed by atoms with Crippen LogP contribution in [0.25, 0.3) is 32.8 Å². The minimum atomic E-state index is -4.39. The van der Waals surface area contributed by atoms with Crippen molar-refractivity contribution in [2.75, 3.05) is 0 Å². The lowest BCUT2D eigenvalue weighted by Gasteiger charge is -2.18. The van der Waals surface area contributed by atoms with Gasteiger partial charge >= 0.3 is 6.18 Å². The number of alkyl halides is 3. The number of hydrogen-bond acceptors (Lipinski definition) is 1. The second-order valence-corrected chi connectivity index (χ2v) is 8.01. The summed E-state index contributed by atoms with van der Waals surface area (Å²) in [6.45, 7) is 7.64. The fourth-order valence-corrected chi connectivity index (χ4v) is 4.12. The van der Waals surface area contributed by atoms with Crippen LogP contribution in [-0.4, -0.2) is 4.98 Å². The molecule has 3 aromatic carbocycles. The average Bonchev–Trinajstić information content (AvgIpc) is 2.64. The van der Waals surface area contributed by atoms with Gasteiger partial charge in [0.15, 0.2) is 0 Å². The molecule has 0 saturated heterocycles. The first-order valence-corrected chi connectivity index (χ1v) is 9.66. The van der Waals surface area contributed by atoms with E-state index in [-0.39, 0.29) is 5.92 Å². The lowest BCUT2D eigenvalue weighted by Crippen LogP contribution is -2.10. The Morgan fingerprint density at radius 3 is 2.10 bits per heavy atom. The van der Waals surface area contributed by atoms with Crippen molar-refractivity contribution in [3.8, 4) is 11.3 Å². The van der Waals surface area contributed by atoms with E-state index < -0.39 is 11.7 Å². The van der Waals surface area contributed by atoms with E-state index in [9.17, 15) is 13.2 Å². The molecule has 0 N–H and O–H groups in total. The van der Waals surface area contributed by atoms with E-state index in [0.29, 0.717) is 10.9 Å². The molecule has 1 nitrogen and oxygen atoms in total. The van der Waals surface area contributed by atoms with Crippen LogP contribution in [0, 0.1) is 13.8 Å². The number of rotatable bonds is 2. The predicted molar refractivity (Wildman–Crippen MR) is 113 cm³/mol. The normalized spacial score (nSPS) is 12.3. The van der Waals surface area contributed by atoms with E-state index in [0.717, 1.165) is 38.5 Å². The third-order valence-electron chi connectivity index (χ3n) is 5.35. The van der Waals surface area contributed by atoms with Crippen LogP contribution in [0.15, 0.2) is 54.7 Å². The summed E-state index contributed by atoms with van der Waals surface area (Å²) in [4.78, 5) is 4.56. The highest BCUT2D eigenvalue weighted by molar-refractivity contribution is 6.11. The summed E-state index contributed by atoms with van der Waals surface area (Å²) < 4.78 is 41.3. The zero-order valence-corrected chi connectivity index (χ0v) is 16.9. The first-order chi connectivity index (χ1) is 13.6. The summed E-state index contributed by atoms with van der Waals surface area (Å²) in [6.07, 6.45) is -2.71. The van der Waals surface area contributed by atoms with E-state index in [2.05, 4.69) is 23.2 Å². The van der Waals surface area contributed by atoms with E-state index >= 15 is 0 Å². The van der Waals surface area contributed by atoms with Gasteiger partial charge in [0.2, 0.25) is 0 Å². The zero-order valence-electron chi connectivity index (χ0n) is 16.9. The lowest BCUT2D eigenvalue weighted by molar-refractivity contribution is -0.138. The van der Waals surface area contributed by atoms with Gasteiger partial charge in [0.25, 0.3) is 0 Å². The van der Waals surface area contributed by atoms with E-state index in [1.165, 1.54) is 6.07 Å². The van der Waals surface area contributed by atoms with Crippen LogP contribution in [0.5, 0.6) is 0 Å². The van der Waals surface area contributed by atoms with E-state index in [1.807, 2.05) is 26.0 Å². The first kappa shape index (κ1) is 19.4. The van der Waals surface area contributed by atoms with Crippen LogP contribution >= 0.6 is 0 Å². The molecule has 0 spiro atoms. The van der Waals surface area contributed by atoms with Crippen LogP contribution in [-0.2, 0) is 6.18 Å². The van der Waals surface area contributed by atoms with Gasteiger partial charge in [-0.2, -0.15) is 13.2 Å². The standard InChI is InChI=1S/C25H22F3N/c1-14(2)21-12-17-5-6-20-19(22(17)13-23(21)25(26,27)28)7-8-29-24(20)18-10-15(3)9-16(4)11-18/h5-14H,1-4H3. The number of nitrogens with zero attached hydrogens (tertiary/aromatic N) is 1. The van der Waals surface area contributed by atoms with Crippen LogP contribution in [0.3, 0.4) is 0 Å². The molecule has 0 fully saturated rings. The predicted octanol–water partition coefficient (Wildman–Crippen LogP) is 7.81. The molecule has 4 rings (SSSR count). The number of fused-ring (bicyclic) bond motifs is 3. The third kappa shape index (κ3) is 3.48. The molecule has 148 valence electrons. The quantitative estimate of drug-likeness (QED) is 0.316. The number of halogens is 3. The molecule has 0 atom stereocenters. The summed E-state index contributed by atoms with van der Waals surface area (Å²) in [7, 11) is 0. The molecule has 0 unspecified atom stereocenters. The molecule has 0 amide bonds. The first-order valence-electron chi connectivity index (χ1n) is 9.66. The molecule has 4 aromatic rings. The molecular formula is C25H22F3N. The van der Waals surface area contributed by atoms with Crippen molar-refractivity contribution in [2.45, 2.75) is 39.8 Å². The van der Waals surface area contributed by atoms with Crippen molar-refractivity contribution in [3.05, 3.63) is 77.0 Å². The average molecular weight is 393 g/mol. The Labute approximate surface area is 168 Å². The molecule has 0 aliphatic heterocycles. The summed E-state index contributed by atoms with van der Waals surface area (Å²) in [6, 6.07) is 14.9. The van der Waals surface area contributed by atoms with Gasteiger partial charge in [0.1, 0.15) is 0 Å². The second-order valence-electron chi connectivity index (χ2n) is 8.01. The van der Waals surface area contributed by atoms with Gasteiger partial charge in [-0.05, 0) is 65.8 Å². The van der Waals surface area contributed by atoms with Crippen molar-refractivity contribution >= 4 is 21.5 Å². The van der Waals surface area contributed by atoms with Gasteiger partial charge in [0.05, 0.1) is 11.3 Å². The van der Waals surface area contributed by atoms with Crippen LogP contribution in [0.2, 0.25) is 0 Å². The van der Waals surface area contributed by atoms with Crippen molar-refractivity contribution in [2.24, 2.45) is 0 Å². The second kappa shape index (κ2) is 6.87. The number of aromatic nitrogens is 1. The number of aryl methyl sites for hydroxylation is 2. The number of hydrogen-bond donors (Lipinski definition) is 0. The highest BCUT2D eigenvalue weighted by Crippen LogP contribution is 2.40. The van der Waals surface area contributed by atoms with Crippen LogP contribution in [0.1, 0.15) is 42.0 Å². The molecular weight excluding hydrogens is 371 g/mol. The van der Waals surface area contributed by atoms with E-state index in [4.69, 9.17) is 0 Å². The third-order valence-corrected chi connectivity index (χ3v) is 5.35. The number of pyridine rings is 1. The maximum absolute atomic E-state index is 13.8. The molecule has 1 aromatic heterocycles.